The Kier molecular flexibility index (Phi) is 2.72. The van der Waals surface area contributed by atoms with Gasteiger partial charge in [-0.15, -0.1) is 0 Å². The molecule has 0 aliphatic carbocycles. The second-order valence-corrected chi connectivity index (χ2v) is 4.98. The fourth-order valence-corrected chi connectivity index (χ4v) is 2.58. The van der Waals surface area contributed by atoms with E-state index in [4.69, 9.17) is 4.74 Å². The lowest BCUT2D eigenvalue weighted by atomic mass is 10.1. The van der Waals surface area contributed by atoms with Crippen molar-refractivity contribution in [1.82, 2.24) is 14.4 Å². The number of imidazole rings is 1. The molecule has 0 spiro atoms. The number of aromatic hydroxyl groups is 1. The van der Waals surface area contributed by atoms with Gasteiger partial charge in [-0.25, -0.2) is 9.97 Å². The van der Waals surface area contributed by atoms with Gasteiger partial charge in [-0.2, -0.15) is 0 Å². The SMILES string of the molecule is COc1nc2ccccc2n2cc(-c3cccc(O)c3)nc12. The number of rotatable bonds is 2. The molecule has 2 heterocycles. The van der Waals surface area contributed by atoms with E-state index in [0.29, 0.717) is 11.5 Å². The van der Waals surface area contributed by atoms with Gasteiger partial charge < -0.3 is 9.84 Å². The molecule has 0 unspecified atom stereocenters. The molecule has 4 aromatic rings. The topological polar surface area (TPSA) is 59.7 Å². The monoisotopic (exact) mass is 291 g/mol. The number of benzene rings is 2. The van der Waals surface area contributed by atoms with Crippen molar-refractivity contribution in [3.63, 3.8) is 0 Å². The molecular weight excluding hydrogens is 278 g/mol. The van der Waals surface area contributed by atoms with E-state index in [1.807, 2.05) is 40.9 Å². The van der Waals surface area contributed by atoms with Gasteiger partial charge in [0.05, 0.1) is 23.8 Å². The van der Waals surface area contributed by atoms with Crippen LogP contribution in [0, 0.1) is 0 Å². The van der Waals surface area contributed by atoms with Gasteiger partial charge in [-0.05, 0) is 24.3 Å². The highest BCUT2D eigenvalue weighted by atomic mass is 16.5. The van der Waals surface area contributed by atoms with Crippen LogP contribution >= 0.6 is 0 Å². The zero-order chi connectivity index (χ0) is 15.1. The molecule has 0 saturated heterocycles. The van der Waals surface area contributed by atoms with E-state index in [1.54, 1.807) is 25.3 Å². The van der Waals surface area contributed by atoms with Crippen LogP contribution in [0.2, 0.25) is 0 Å². The number of hydrogen-bond acceptors (Lipinski definition) is 4. The van der Waals surface area contributed by atoms with Crippen LogP contribution in [0.25, 0.3) is 27.9 Å². The molecule has 108 valence electrons. The van der Waals surface area contributed by atoms with Gasteiger partial charge in [-0.1, -0.05) is 24.3 Å². The Morgan fingerprint density at radius 1 is 1.05 bits per heavy atom. The first-order chi connectivity index (χ1) is 10.8. The minimum absolute atomic E-state index is 0.213. The molecule has 22 heavy (non-hydrogen) atoms. The predicted octanol–water partition coefficient (Wildman–Crippen LogP) is 3.26. The van der Waals surface area contributed by atoms with Crippen molar-refractivity contribution in [2.24, 2.45) is 0 Å². The Morgan fingerprint density at radius 2 is 1.91 bits per heavy atom. The summed E-state index contributed by atoms with van der Waals surface area (Å²) < 4.78 is 7.32. The van der Waals surface area contributed by atoms with Gasteiger partial charge in [0.2, 0.25) is 5.65 Å². The average molecular weight is 291 g/mol. The first kappa shape index (κ1) is 12.6. The predicted molar refractivity (Wildman–Crippen MR) is 84.1 cm³/mol. The van der Waals surface area contributed by atoms with E-state index in [0.717, 1.165) is 22.3 Å². The normalized spacial score (nSPS) is 11.1. The standard InChI is InChI=1S/C17H13N3O2/c1-22-17-16-18-14(11-5-4-6-12(21)9-11)10-20(16)15-8-3-2-7-13(15)19-17/h2-10,21H,1H3. The van der Waals surface area contributed by atoms with Crippen LogP contribution in [0.15, 0.2) is 54.7 Å². The van der Waals surface area contributed by atoms with Crippen molar-refractivity contribution in [2.45, 2.75) is 0 Å². The van der Waals surface area contributed by atoms with Crippen LogP contribution in [-0.2, 0) is 0 Å². The lowest BCUT2D eigenvalue weighted by Crippen LogP contribution is -1.96. The second-order valence-electron chi connectivity index (χ2n) is 4.98. The van der Waals surface area contributed by atoms with Crippen molar-refractivity contribution in [2.75, 3.05) is 7.11 Å². The molecule has 0 bridgehead atoms. The number of phenolic OH excluding ortho intramolecular Hbond substituents is 1. The van der Waals surface area contributed by atoms with Crippen LogP contribution in [-0.4, -0.2) is 26.6 Å². The summed E-state index contributed by atoms with van der Waals surface area (Å²) in [6, 6.07) is 14.8. The summed E-state index contributed by atoms with van der Waals surface area (Å²) in [6.45, 7) is 0. The third-order valence-electron chi connectivity index (χ3n) is 3.60. The van der Waals surface area contributed by atoms with Crippen LogP contribution < -0.4 is 4.74 Å². The number of nitrogens with zero attached hydrogens (tertiary/aromatic N) is 3. The van der Waals surface area contributed by atoms with Crippen molar-refractivity contribution < 1.29 is 9.84 Å². The molecule has 2 aromatic carbocycles. The summed E-state index contributed by atoms with van der Waals surface area (Å²) in [4.78, 5) is 9.10. The lowest BCUT2D eigenvalue weighted by Gasteiger charge is -2.04. The van der Waals surface area contributed by atoms with E-state index in [2.05, 4.69) is 9.97 Å². The largest absolute Gasteiger partial charge is 0.508 e. The number of para-hydroxylation sites is 2. The Hall–Kier alpha value is -3.08. The van der Waals surface area contributed by atoms with E-state index in [1.165, 1.54) is 0 Å². The van der Waals surface area contributed by atoms with Gasteiger partial charge in [0, 0.05) is 11.8 Å². The molecule has 1 N–H and O–H groups in total. The Balaban J connectivity index is 2.06. The smallest absolute Gasteiger partial charge is 0.258 e. The van der Waals surface area contributed by atoms with Gasteiger partial charge >= 0.3 is 0 Å². The minimum atomic E-state index is 0.213. The maximum absolute atomic E-state index is 9.65. The van der Waals surface area contributed by atoms with Crippen LogP contribution in [0.5, 0.6) is 11.6 Å². The van der Waals surface area contributed by atoms with E-state index < -0.39 is 0 Å². The third kappa shape index (κ3) is 1.87. The van der Waals surface area contributed by atoms with Crippen LogP contribution in [0.1, 0.15) is 0 Å². The quantitative estimate of drug-likeness (QED) is 0.616. The van der Waals surface area contributed by atoms with Crippen molar-refractivity contribution in [1.29, 1.82) is 0 Å². The summed E-state index contributed by atoms with van der Waals surface area (Å²) in [6.07, 6.45) is 1.93. The van der Waals surface area contributed by atoms with Gasteiger partial charge in [0.1, 0.15) is 5.75 Å². The van der Waals surface area contributed by atoms with Crippen LogP contribution in [0.4, 0.5) is 0 Å². The molecule has 2 aromatic heterocycles. The van der Waals surface area contributed by atoms with E-state index in [-0.39, 0.29) is 5.75 Å². The van der Waals surface area contributed by atoms with E-state index >= 15 is 0 Å². The molecule has 0 radical (unpaired) electrons. The summed E-state index contributed by atoms with van der Waals surface area (Å²) in [7, 11) is 1.58. The molecule has 5 heteroatoms. The third-order valence-corrected chi connectivity index (χ3v) is 3.60. The number of fused-ring (bicyclic) bond motifs is 3. The number of aromatic nitrogens is 3. The number of ether oxygens (including phenoxy) is 1. The Morgan fingerprint density at radius 3 is 2.73 bits per heavy atom. The number of hydrogen-bond donors (Lipinski definition) is 1. The summed E-state index contributed by atoms with van der Waals surface area (Å²) in [5, 5.41) is 9.65. The highest BCUT2D eigenvalue weighted by Crippen LogP contribution is 2.28. The van der Waals surface area contributed by atoms with E-state index in [9.17, 15) is 5.11 Å². The van der Waals surface area contributed by atoms with Crippen molar-refractivity contribution >= 4 is 16.7 Å². The zero-order valence-corrected chi connectivity index (χ0v) is 11.9. The average Bonchev–Trinajstić information content (AvgIpc) is 2.99. The molecule has 5 nitrogen and oxygen atoms in total. The highest BCUT2D eigenvalue weighted by molar-refractivity contribution is 5.81. The summed E-state index contributed by atoms with van der Waals surface area (Å²) in [5.74, 6) is 0.689. The first-order valence-electron chi connectivity index (χ1n) is 6.87. The van der Waals surface area contributed by atoms with Gasteiger partial charge in [0.15, 0.2) is 0 Å². The second kappa shape index (κ2) is 4.73. The molecule has 0 aliphatic heterocycles. The molecular formula is C17H13N3O2. The zero-order valence-electron chi connectivity index (χ0n) is 11.9. The fourth-order valence-electron chi connectivity index (χ4n) is 2.58. The first-order valence-corrected chi connectivity index (χ1v) is 6.87. The minimum Gasteiger partial charge on any atom is -0.508 e. The molecule has 0 saturated carbocycles. The Bertz CT molecular complexity index is 992. The number of phenols is 1. The Labute approximate surface area is 126 Å². The lowest BCUT2D eigenvalue weighted by molar-refractivity contribution is 0.402. The number of methoxy groups -OCH3 is 1. The van der Waals surface area contributed by atoms with Gasteiger partial charge in [0.25, 0.3) is 5.88 Å². The van der Waals surface area contributed by atoms with Gasteiger partial charge in [-0.3, -0.25) is 4.40 Å². The molecule has 0 atom stereocenters. The molecule has 4 rings (SSSR count). The molecule has 0 aliphatic rings. The highest BCUT2D eigenvalue weighted by Gasteiger charge is 2.13. The summed E-state index contributed by atoms with van der Waals surface area (Å²) in [5.41, 5.74) is 4.05. The fraction of sp³-hybridized carbons (Fsp3) is 0.0588. The van der Waals surface area contributed by atoms with Crippen molar-refractivity contribution in [3.05, 3.63) is 54.7 Å². The van der Waals surface area contributed by atoms with Crippen LogP contribution in [0.3, 0.4) is 0 Å². The molecule has 0 amide bonds. The van der Waals surface area contributed by atoms with Crippen molar-refractivity contribution in [3.8, 4) is 22.9 Å². The summed E-state index contributed by atoms with van der Waals surface area (Å²) >= 11 is 0. The molecule has 0 fully saturated rings. The maximum atomic E-state index is 9.65. The maximum Gasteiger partial charge on any atom is 0.258 e.